The summed E-state index contributed by atoms with van der Waals surface area (Å²) < 4.78 is 5.66. The molecule has 0 radical (unpaired) electrons. The Kier molecular flexibility index (Phi) is 8.04. The molecule has 6 nitrogen and oxygen atoms in total. The number of rotatable bonds is 9. The van der Waals surface area contributed by atoms with Gasteiger partial charge >= 0.3 is 6.09 Å². The average molecular weight is 370 g/mol. The molecule has 0 aliphatic heterocycles. The maximum atomic E-state index is 12.0. The van der Waals surface area contributed by atoms with Gasteiger partial charge in [0.05, 0.1) is 0 Å². The Hall–Kier alpha value is -2.63. The molecule has 1 aromatic carbocycles. The molecule has 0 aliphatic carbocycles. The van der Waals surface area contributed by atoms with Crippen LogP contribution in [0.2, 0.25) is 0 Å². The summed E-state index contributed by atoms with van der Waals surface area (Å²) in [5.74, 6) is 1.11. The van der Waals surface area contributed by atoms with Crippen LogP contribution in [0.5, 0.6) is 0 Å². The molecule has 0 spiro atoms. The Morgan fingerprint density at radius 3 is 2.41 bits per heavy atom. The van der Waals surface area contributed by atoms with E-state index in [1.165, 1.54) is 10.5 Å². The summed E-state index contributed by atoms with van der Waals surface area (Å²) in [6.07, 6.45) is 4.73. The van der Waals surface area contributed by atoms with Crippen molar-refractivity contribution in [3.63, 3.8) is 0 Å². The van der Waals surface area contributed by atoms with Crippen LogP contribution in [0.25, 0.3) is 0 Å². The molecule has 2 rings (SSSR count). The third-order valence-electron chi connectivity index (χ3n) is 4.65. The van der Waals surface area contributed by atoms with E-state index in [0.29, 0.717) is 5.95 Å². The molecule has 146 valence electrons. The Balaban J connectivity index is 2.07. The highest BCUT2D eigenvalue weighted by molar-refractivity contribution is 5.66. The molecule has 0 bridgehead atoms. The van der Waals surface area contributed by atoms with Gasteiger partial charge in [-0.15, -0.1) is 0 Å². The van der Waals surface area contributed by atoms with Crippen LogP contribution >= 0.6 is 0 Å². The van der Waals surface area contributed by atoms with E-state index < -0.39 is 0 Å². The minimum atomic E-state index is -0.291. The van der Waals surface area contributed by atoms with Crippen LogP contribution in [-0.4, -0.2) is 47.7 Å². The first-order valence-electron chi connectivity index (χ1n) is 9.45. The number of ether oxygens (including phenoxy) is 1. The Labute approximate surface area is 162 Å². The molecule has 2 aromatic rings. The maximum Gasteiger partial charge on any atom is 0.409 e. The Bertz CT molecular complexity index is 679. The zero-order valence-corrected chi connectivity index (χ0v) is 16.6. The largest absolute Gasteiger partial charge is 0.446 e. The van der Waals surface area contributed by atoms with E-state index >= 15 is 0 Å². The summed E-state index contributed by atoms with van der Waals surface area (Å²) in [4.78, 5) is 21.9. The van der Waals surface area contributed by atoms with Crippen LogP contribution in [0.15, 0.2) is 48.8 Å². The van der Waals surface area contributed by atoms with Gasteiger partial charge in [-0.2, -0.15) is 0 Å². The van der Waals surface area contributed by atoms with E-state index in [2.05, 4.69) is 53.4 Å². The van der Waals surface area contributed by atoms with Crippen LogP contribution in [0.1, 0.15) is 38.2 Å². The lowest BCUT2D eigenvalue weighted by Crippen LogP contribution is -2.32. The van der Waals surface area contributed by atoms with Gasteiger partial charge in [0.1, 0.15) is 6.10 Å². The molecule has 27 heavy (non-hydrogen) atoms. The predicted octanol–water partition coefficient (Wildman–Crippen LogP) is 4.18. The topological polar surface area (TPSA) is 67.3 Å². The molecule has 1 heterocycles. The number of nitrogens with one attached hydrogen (secondary N) is 1. The lowest BCUT2D eigenvalue weighted by molar-refractivity contribution is 0.0417. The number of hydrogen-bond acceptors (Lipinski definition) is 5. The van der Waals surface area contributed by atoms with Gasteiger partial charge in [0.15, 0.2) is 0 Å². The van der Waals surface area contributed by atoms with E-state index in [9.17, 15) is 4.79 Å². The first-order valence-corrected chi connectivity index (χ1v) is 9.45. The third kappa shape index (κ3) is 6.55. The molecule has 3 unspecified atom stereocenters. The molecule has 0 aliphatic rings. The molecular weight excluding hydrogens is 340 g/mol. The fourth-order valence-electron chi connectivity index (χ4n) is 3.10. The summed E-state index contributed by atoms with van der Waals surface area (Å²) in [5, 5.41) is 3.33. The summed E-state index contributed by atoms with van der Waals surface area (Å²) >= 11 is 0. The van der Waals surface area contributed by atoms with Crippen molar-refractivity contribution in [3.8, 4) is 0 Å². The number of hydrogen-bond donors (Lipinski definition) is 1. The van der Waals surface area contributed by atoms with E-state index in [-0.39, 0.29) is 24.0 Å². The average Bonchev–Trinajstić information content (AvgIpc) is 2.70. The van der Waals surface area contributed by atoms with Crippen molar-refractivity contribution < 1.29 is 9.53 Å². The molecule has 1 N–H and O–H groups in total. The van der Waals surface area contributed by atoms with Crippen LogP contribution in [0.4, 0.5) is 10.7 Å². The quantitative estimate of drug-likeness (QED) is 0.717. The van der Waals surface area contributed by atoms with Crippen molar-refractivity contribution in [3.05, 3.63) is 54.4 Å². The number of anilines is 1. The van der Waals surface area contributed by atoms with E-state index in [1.54, 1.807) is 32.6 Å². The number of amides is 1. The molecule has 0 saturated carbocycles. The second-order valence-corrected chi connectivity index (χ2v) is 7.00. The first kappa shape index (κ1) is 20.7. The highest BCUT2D eigenvalue weighted by Gasteiger charge is 2.25. The summed E-state index contributed by atoms with van der Waals surface area (Å²) in [5.41, 5.74) is 1.25. The molecular formula is C21H30N4O2. The van der Waals surface area contributed by atoms with Gasteiger partial charge in [0, 0.05) is 39.0 Å². The van der Waals surface area contributed by atoms with Crippen LogP contribution in [0.3, 0.4) is 0 Å². The molecule has 1 aromatic heterocycles. The second-order valence-electron chi connectivity index (χ2n) is 7.00. The minimum absolute atomic E-state index is 0.112. The van der Waals surface area contributed by atoms with Gasteiger partial charge in [0.2, 0.25) is 5.95 Å². The van der Waals surface area contributed by atoms with Crippen molar-refractivity contribution in [2.24, 2.45) is 5.92 Å². The molecule has 1 amide bonds. The van der Waals surface area contributed by atoms with E-state index in [4.69, 9.17) is 4.74 Å². The van der Waals surface area contributed by atoms with Gasteiger partial charge in [-0.05, 0) is 30.4 Å². The zero-order valence-electron chi connectivity index (χ0n) is 16.6. The molecule has 0 saturated heterocycles. The van der Waals surface area contributed by atoms with Crippen molar-refractivity contribution in [1.82, 2.24) is 14.9 Å². The lowest BCUT2D eigenvalue weighted by Gasteiger charge is -2.28. The number of carbonyl (C=O) groups excluding carboxylic acids is 1. The van der Waals surface area contributed by atoms with E-state index in [1.807, 2.05) is 6.07 Å². The fourth-order valence-corrected chi connectivity index (χ4v) is 3.10. The van der Waals surface area contributed by atoms with Gasteiger partial charge in [-0.25, -0.2) is 14.8 Å². The first-order chi connectivity index (χ1) is 13.0. The SMILES string of the molecule is CCC(OC(=O)N(C)C)C(C)CC(CNc1ncccn1)c1ccccc1. The lowest BCUT2D eigenvalue weighted by atomic mass is 9.86. The van der Waals surface area contributed by atoms with Gasteiger partial charge < -0.3 is 15.0 Å². The maximum absolute atomic E-state index is 12.0. The number of carbonyl (C=O) groups is 1. The van der Waals surface area contributed by atoms with Crippen LogP contribution in [-0.2, 0) is 4.74 Å². The second kappa shape index (κ2) is 10.5. The number of benzene rings is 1. The van der Waals surface area contributed by atoms with Gasteiger partial charge in [-0.3, -0.25) is 0 Å². The zero-order chi connectivity index (χ0) is 19.6. The molecule has 0 fully saturated rings. The molecule has 3 atom stereocenters. The smallest absolute Gasteiger partial charge is 0.409 e. The van der Waals surface area contributed by atoms with Crippen molar-refractivity contribution >= 4 is 12.0 Å². The van der Waals surface area contributed by atoms with Crippen LogP contribution < -0.4 is 5.32 Å². The Morgan fingerprint density at radius 2 is 1.81 bits per heavy atom. The normalized spacial score (nSPS) is 14.1. The summed E-state index contributed by atoms with van der Waals surface area (Å²) in [7, 11) is 3.41. The standard InChI is InChI=1S/C21H30N4O2/c1-5-19(27-21(26)25(3)4)16(2)14-18(17-10-7-6-8-11-17)15-24-20-22-12-9-13-23-20/h6-13,16,18-19H,5,14-15H2,1-4H3,(H,22,23,24). The predicted molar refractivity (Wildman–Crippen MR) is 108 cm³/mol. The highest BCUT2D eigenvalue weighted by atomic mass is 16.6. The van der Waals surface area contributed by atoms with Crippen molar-refractivity contribution in [2.45, 2.75) is 38.7 Å². The van der Waals surface area contributed by atoms with E-state index in [0.717, 1.165) is 19.4 Å². The highest BCUT2D eigenvalue weighted by Crippen LogP contribution is 2.28. The van der Waals surface area contributed by atoms with Crippen molar-refractivity contribution in [1.29, 1.82) is 0 Å². The van der Waals surface area contributed by atoms with Gasteiger partial charge in [0.25, 0.3) is 0 Å². The monoisotopic (exact) mass is 370 g/mol. The number of aromatic nitrogens is 2. The third-order valence-corrected chi connectivity index (χ3v) is 4.65. The van der Waals surface area contributed by atoms with Crippen LogP contribution in [0, 0.1) is 5.92 Å². The fraction of sp³-hybridized carbons (Fsp3) is 0.476. The van der Waals surface area contributed by atoms with Gasteiger partial charge in [-0.1, -0.05) is 44.2 Å². The summed E-state index contributed by atoms with van der Waals surface area (Å²) in [6, 6.07) is 12.2. The summed E-state index contributed by atoms with van der Waals surface area (Å²) in [6.45, 7) is 4.92. The van der Waals surface area contributed by atoms with Crippen molar-refractivity contribution in [2.75, 3.05) is 26.0 Å². The number of nitrogens with zero attached hydrogens (tertiary/aromatic N) is 3. The molecule has 6 heteroatoms. The Morgan fingerprint density at radius 1 is 1.15 bits per heavy atom. The minimum Gasteiger partial charge on any atom is -0.446 e.